The number of sulfonamides is 1. The second kappa shape index (κ2) is 7.45. The molecule has 1 heterocycles. The topological polar surface area (TPSA) is 37.4 Å². The molecule has 0 saturated carbocycles. The minimum Gasteiger partial charge on any atom is -0.207 e. The van der Waals surface area contributed by atoms with Gasteiger partial charge >= 0.3 is 0 Å². The van der Waals surface area contributed by atoms with Crippen molar-refractivity contribution in [3.63, 3.8) is 0 Å². The molecular formula is C10H14BrCl2NO2S2. The van der Waals surface area contributed by atoms with Crippen molar-refractivity contribution >= 4 is 60.5 Å². The van der Waals surface area contributed by atoms with Gasteiger partial charge in [-0.3, -0.25) is 0 Å². The number of nitrogens with zero attached hydrogens (tertiary/aromatic N) is 1. The fourth-order valence-electron chi connectivity index (χ4n) is 1.42. The van der Waals surface area contributed by atoms with Crippen LogP contribution in [-0.4, -0.2) is 31.1 Å². The van der Waals surface area contributed by atoms with E-state index in [-0.39, 0.29) is 9.23 Å². The molecule has 0 bridgehead atoms. The van der Waals surface area contributed by atoms with Crippen LogP contribution in [0.1, 0.15) is 19.8 Å². The molecule has 104 valence electrons. The van der Waals surface area contributed by atoms with Crippen molar-refractivity contribution in [3.05, 3.63) is 14.7 Å². The number of thiophene rings is 1. The van der Waals surface area contributed by atoms with Crippen LogP contribution in [0.4, 0.5) is 0 Å². The first-order valence-electron chi connectivity index (χ1n) is 5.44. The summed E-state index contributed by atoms with van der Waals surface area (Å²) in [5.74, 6) is 0. The van der Waals surface area contributed by atoms with Gasteiger partial charge in [-0.1, -0.05) is 52.5 Å². The maximum absolute atomic E-state index is 12.4. The molecule has 0 amide bonds. The van der Waals surface area contributed by atoms with E-state index in [1.165, 1.54) is 10.4 Å². The number of unbranched alkanes of at least 4 members (excludes halogenated alkanes) is 1. The van der Waals surface area contributed by atoms with E-state index in [0.717, 1.165) is 24.2 Å². The van der Waals surface area contributed by atoms with Crippen LogP contribution in [0.3, 0.4) is 0 Å². The zero-order chi connectivity index (χ0) is 13.8. The molecule has 0 aromatic carbocycles. The van der Waals surface area contributed by atoms with Crippen molar-refractivity contribution in [1.29, 1.82) is 0 Å². The smallest absolute Gasteiger partial charge is 0.207 e. The van der Waals surface area contributed by atoms with E-state index < -0.39 is 10.0 Å². The fraction of sp³-hybridized carbons (Fsp3) is 0.600. The Hall–Kier alpha value is 0.670. The van der Waals surface area contributed by atoms with Crippen molar-refractivity contribution in [2.75, 3.05) is 18.4 Å². The summed E-state index contributed by atoms with van der Waals surface area (Å²) < 4.78 is 26.9. The highest BCUT2D eigenvalue weighted by molar-refractivity contribution is 9.09. The van der Waals surface area contributed by atoms with Gasteiger partial charge in [0.15, 0.2) is 0 Å². The Bertz CT molecular complexity index is 490. The van der Waals surface area contributed by atoms with Gasteiger partial charge in [-0.2, -0.15) is 4.31 Å². The van der Waals surface area contributed by atoms with E-state index in [1.54, 1.807) is 0 Å². The number of hydrogen-bond acceptors (Lipinski definition) is 3. The van der Waals surface area contributed by atoms with Crippen LogP contribution in [0.2, 0.25) is 8.67 Å². The summed E-state index contributed by atoms with van der Waals surface area (Å²) in [6, 6.07) is 1.41. The van der Waals surface area contributed by atoms with E-state index in [0.29, 0.717) is 22.8 Å². The molecule has 3 nitrogen and oxygen atoms in total. The second-order valence-electron chi connectivity index (χ2n) is 3.64. The maximum Gasteiger partial charge on any atom is 0.245 e. The Balaban J connectivity index is 3.04. The molecular weight excluding hydrogens is 381 g/mol. The Morgan fingerprint density at radius 3 is 2.50 bits per heavy atom. The van der Waals surface area contributed by atoms with Crippen molar-refractivity contribution in [1.82, 2.24) is 4.31 Å². The summed E-state index contributed by atoms with van der Waals surface area (Å²) in [6.07, 6.45) is 1.76. The van der Waals surface area contributed by atoms with E-state index >= 15 is 0 Å². The highest BCUT2D eigenvalue weighted by Crippen LogP contribution is 2.35. The van der Waals surface area contributed by atoms with E-state index in [9.17, 15) is 8.42 Å². The van der Waals surface area contributed by atoms with Crippen LogP contribution in [0, 0.1) is 0 Å². The molecule has 0 fully saturated rings. The van der Waals surface area contributed by atoms with Crippen LogP contribution in [0.25, 0.3) is 0 Å². The summed E-state index contributed by atoms with van der Waals surface area (Å²) in [6.45, 7) is 2.94. The van der Waals surface area contributed by atoms with Crippen LogP contribution in [0.15, 0.2) is 11.0 Å². The molecule has 0 spiro atoms. The van der Waals surface area contributed by atoms with Gasteiger partial charge in [0.2, 0.25) is 10.0 Å². The Morgan fingerprint density at radius 2 is 2.06 bits per heavy atom. The lowest BCUT2D eigenvalue weighted by molar-refractivity contribution is 0.422. The number of alkyl halides is 1. The van der Waals surface area contributed by atoms with Crippen molar-refractivity contribution in [3.8, 4) is 0 Å². The second-order valence-corrected chi connectivity index (χ2v) is 8.62. The molecule has 18 heavy (non-hydrogen) atoms. The number of hydrogen-bond donors (Lipinski definition) is 0. The zero-order valence-corrected chi connectivity index (χ0v) is 14.6. The third kappa shape index (κ3) is 4.08. The predicted octanol–water partition coefficient (Wildman–Crippen LogP) is 4.24. The highest BCUT2D eigenvalue weighted by Gasteiger charge is 2.27. The van der Waals surface area contributed by atoms with Gasteiger partial charge in [-0.15, -0.1) is 11.3 Å². The first kappa shape index (κ1) is 16.7. The van der Waals surface area contributed by atoms with Crippen LogP contribution in [0.5, 0.6) is 0 Å². The van der Waals surface area contributed by atoms with Gasteiger partial charge in [0.1, 0.15) is 9.23 Å². The lowest BCUT2D eigenvalue weighted by atomic mass is 10.3. The largest absolute Gasteiger partial charge is 0.245 e. The first-order chi connectivity index (χ1) is 8.43. The Labute approximate surface area is 130 Å². The quantitative estimate of drug-likeness (QED) is 0.648. The van der Waals surface area contributed by atoms with Gasteiger partial charge in [0.25, 0.3) is 0 Å². The van der Waals surface area contributed by atoms with Crippen molar-refractivity contribution in [2.45, 2.75) is 24.7 Å². The lowest BCUT2D eigenvalue weighted by Crippen LogP contribution is -2.33. The monoisotopic (exact) mass is 393 g/mol. The molecule has 1 aromatic rings. The molecule has 1 rings (SSSR count). The van der Waals surface area contributed by atoms with Gasteiger partial charge in [-0.05, 0) is 12.5 Å². The van der Waals surface area contributed by atoms with Gasteiger partial charge in [-0.25, -0.2) is 8.42 Å². The number of halogens is 3. The molecule has 8 heteroatoms. The molecule has 0 aliphatic rings. The van der Waals surface area contributed by atoms with E-state index in [4.69, 9.17) is 23.2 Å². The summed E-state index contributed by atoms with van der Waals surface area (Å²) in [5.41, 5.74) is 0. The average Bonchev–Trinajstić information content (AvgIpc) is 2.64. The molecule has 0 aliphatic carbocycles. The molecule has 0 atom stereocenters. The third-order valence-electron chi connectivity index (χ3n) is 2.34. The van der Waals surface area contributed by atoms with Gasteiger partial charge < -0.3 is 0 Å². The molecule has 0 saturated heterocycles. The zero-order valence-electron chi connectivity index (χ0n) is 9.83. The summed E-state index contributed by atoms with van der Waals surface area (Å²) in [4.78, 5) is 0.108. The first-order valence-corrected chi connectivity index (χ1v) is 9.57. The SMILES string of the molecule is CCCCN(CCBr)S(=O)(=O)c1cc(Cl)sc1Cl. The molecule has 1 aromatic heterocycles. The van der Waals surface area contributed by atoms with E-state index in [2.05, 4.69) is 15.9 Å². The van der Waals surface area contributed by atoms with Crippen molar-refractivity contribution in [2.24, 2.45) is 0 Å². The number of rotatable bonds is 7. The van der Waals surface area contributed by atoms with Gasteiger partial charge in [0.05, 0.1) is 4.34 Å². The minimum atomic E-state index is -3.55. The standard InChI is InChI=1S/C10H14BrCl2NO2S2/c1-2-3-5-14(6-4-11)18(15,16)8-7-9(12)17-10(8)13/h7H,2-6H2,1H3. The average molecular weight is 395 g/mol. The molecule has 0 unspecified atom stereocenters. The molecule has 0 aliphatic heterocycles. The predicted molar refractivity (Wildman–Crippen MR) is 81.8 cm³/mol. The highest BCUT2D eigenvalue weighted by atomic mass is 79.9. The lowest BCUT2D eigenvalue weighted by Gasteiger charge is -2.20. The fourth-order valence-corrected chi connectivity index (χ4v) is 5.68. The third-order valence-corrected chi connectivity index (χ3v) is 6.34. The van der Waals surface area contributed by atoms with Crippen LogP contribution in [-0.2, 0) is 10.0 Å². The maximum atomic E-state index is 12.4. The van der Waals surface area contributed by atoms with Gasteiger partial charge in [0, 0.05) is 18.4 Å². The minimum absolute atomic E-state index is 0.108. The van der Waals surface area contributed by atoms with Crippen LogP contribution < -0.4 is 0 Å². The normalized spacial score (nSPS) is 12.3. The Morgan fingerprint density at radius 1 is 1.39 bits per heavy atom. The summed E-state index contributed by atoms with van der Waals surface area (Å²) >= 11 is 16.1. The summed E-state index contributed by atoms with van der Waals surface area (Å²) in [5, 5.41) is 0.589. The van der Waals surface area contributed by atoms with Crippen LogP contribution >= 0.6 is 50.5 Å². The molecule has 0 N–H and O–H groups in total. The van der Waals surface area contributed by atoms with E-state index in [1.807, 2.05) is 6.92 Å². The Kier molecular flexibility index (Phi) is 6.92. The summed E-state index contributed by atoms with van der Waals surface area (Å²) in [7, 11) is -3.55. The molecule has 0 radical (unpaired) electrons. The van der Waals surface area contributed by atoms with Crippen molar-refractivity contribution < 1.29 is 8.42 Å².